The third-order valence-corrected chi connectivity index (χ3v) is 6.41. The van der Waals surface area contributed by atoms with E-state index in [0.717, 1.165) is 13.0 Å². The summed E-state index contributed by atoms with van der Waals surface area (Å²) in [5.41, 5.74) is 1.72. The summed E-state index contributed by atoms with van der Waals surface area (Å²) in [4.78, 5) is 6.32. The number of aromatic nitrogens is 1. The van der Waals surface area contributed by atoms with Gasteiger partial charge in [-0.25, -0.2) is 18.1 Å². The van der Waals surface area contributed by atoms with Crippen LogP contribution in [0, 0.1) is 17.2 Å². The Balaban J connectivity index is 1.69. The van der Waals surface area contributed by atoms with Gasteiger partial charge in [0.1, 0.15) is 6.07 Å². The minimum absolute atomic E-state index is 0.0503. The Morgan fingerprint density at radius 2 is 2.21 bits per heavy atom. The number of nitrogens with zero attached hydrogens (tertiary/aromatic N) is 3. The Labute approximate surface area is 170 Å². The van der Waals surface area contributed by atoms with Crippen LogP contribution in [0.25, 0.3) is 0 Å². The van der Waals surface area contributed by atoms with Crippen LogP contribution < -0.4 is 14.4 Å². The van der Waals surface area contributed by atoms with E-state index in [9.17, 15) is 18.8 Å². The Bertz CT molecular complexity index is 1000. The maximum Gasteiger partial charge on any atom is 0.240 e. The van der Waals surface area contributed by atoms with Crippen molar-refractivity contribution in [3.8, 4) is 11.9 Å². The van der Waals surface area contributed by atoms with Crippen molar-refractivity contribution in [2.24, 2.45) is 5.92 Å². The van der Waals surface area contributed by atoms with Gasteiger partial charge in [0.15, 0.2) is 0 Å². The van der Waals surface area contributed by atoms with Crippen molar-refractivity contribution in [1.82, 2.24) is 9.71 Å². The van der Waals surface area contributed by atoms with E-state index in [1.807, 2.05) is 4.90 Å². The number of methoxy groups -OCH3 is 1. The number of nitriles is 1. The molecule has 1 aliphatic rings. The van der Waals surface area contributed by atoms with Crippen LogP contribution in [0.1, 0.15) is 17.7 Å². The molecule has 0 radical (unpaired) electrons. The fourth-order valence-corrected chi connectivity index (χ4v) is 4.41. The first-order valence-electron chi connectivity index (χ1n) is 9.36. The summed E-state index contributed by atoms with van der Waals surface area (Å²) in [6.07, 6.45) is 1.26. The van der Waals surface area contributed by atoms with Gasteiger partial charge in [-0.15, -0.1) is 0 Å². The maximum absolute atomic E-state index is 12.6. The van der Waals surface area contributed by atoms with Gasteiger partial charge in [-0.2, -0.15) is 5.26 Å². The van der Waals surface area contributed by atoms with Crippen LogP contribution in [-0.2, 0) is 16.4 Å². The minimum atomic E-state index is -3.75. The van der Waals surface area contributed by atoms with Gasteiger partial charge in [-0.1, -0.05) is 6.07 Å². The molecule has 0 aliphatic carbocycles. The van der Waals surface area contributed by atoms with E-state index >= 15 is 0 Å². The summed E-state index contributed by atoms with van der Waals surface area (Å²) in [5, 5.41) is 18.8. The molecule has 0 saturated carbocycles. The zero-order chi connectivity index (χ0) is 20.9. The number of anilines is 1. The van der Waals surface area contributed by atoms with Crippen LogP contribution in [0.2, 0.25) is 0 Å². The van der Waals surface area contributed by atoms with Crippen molar-refractivity contribution in [2.75, 3.05) is 38.3 Å². The second kappa shape index (κ2) is 9.22. The van der Waals surface area contributed by atoms with Crippen LogP contribution in [0.3, 0.4) is 0 Å². The molecule has 8 nitrogen and oxygen atoms in total. The number of hydrogen-bond acceptors (Lipinski definition) is 7. The number of ether oxygens (including phenoxy) is 1. The number of nitrogens with one attached hydrogen (secondary N) is 1. The molecule has 1 fully saturated rings. The summed E-state index contributed by atoms with van der Waals surface area (Å²) in [5.74, 6) is 0.654. The van der Waals surface area contributed by atoms with Gasteiger partial charge in [0.05, 0.1) is 23.3 Å². The highest BCUT2D eigenvalue weighted by Gasteiger charge is 2.25. The average Bonchev–Trinajstić information content (AvgIpc) is 3.22. The zero-order valence-corrected chi connectivity index (χ0v) is 17.0. The Morgan fingerprint density at radius 1 is 1.38 bits per heavy atom. The minimum Gasteiger partial charge on any atom is -0.481 e. The smallest absolute Gasteiger partial charge is 0.240 e. The molecule has 1 aromatic heterocycles. The monoisotopic (exact) mass is 416 g/mol. The van der Waals surface area contributed by atoms with E-state index in [-0.39, 0.29) is 24.0 Å². The van der Waals surface area contributed by atoms with Crippen molar-refractivity contribution >= 4 is 15.7 Å². The second-order valence-electron chi connectivity index (χ2n) is 6.89. The maximum atomic E-state index is 12.6. The van der Waals surface area contributed by atoms with Crippen molar-refractivity contribution in [3.63, 3.8) is 0 Å². The molecule has 1 aliphatic heterocycles. The molecule has 1 aromatic carbocycles. The predicted molar refractivity (Wildman–Crippen MR) is 108 cm³/mol. The number of pyridine rings is 1. The third-order valence-electron chi connectivity index (χ3n) is 4.95. The number of aliphatic hydroxyl groups is 1. The van der Waals surface area contributed by atoms with E-state index in [0.29, 0.717) is 35.8 Å². The van der Waals surface area contributed by atoms with Gasteiger partial charge in [-0.05, 0) is 30.7 Å². The quantitative estimate of drug-likeness (QED) is 0.666. The van der Waals surface area contributed by atoms with E-state index in [1.54, 1.807) is 24.3 Å². The van der Waals surface area contributed by atoms with Crippen LogP contribution in [0.4, 0.5) is 5.69 Å². The summed E-state index contributed by atoms with van der Waals surface area (Å²) in [6.45, 7) is 1.67. The summed E-state index contributed by atoms with van der Waals surface area (Å²) < 4.78 is 32.9. The number of hydrogen-bond donors (Lipinski definition) is 2. The van der Waals surface area contributed by atoms with Crippen LogP contribution in [-0.4, -0.2) is 51.9 Å². The van der Waals surface area contributed by atoms with Gasteiger partial charge in [0.25, 0.3) is 0 Å². The van der Waals surface area contributed by atoms with Crippen LogP contribution >= 0.6 is 0 Å². The van der Waals surface area contributed by atoms with E-state index in [1.165, 1.54) is 19.2 Å². The summed E-state index contributed by atoms with van der Waals surface area (Å²) in [7, 11) is -2.23. The van der Waals surface area contributed by atoms with Crippen molar-refractivity contribution in [3.05, 3.63) is 47.7 Å². The number of rotatable bonds is 8. The van der Waals surface area contributed by atoms with Crippen molar-refractivity contribution in [2.45, 2.75) is 17.7 Å². The molecule has 2 aromatic rings. The molecule has 0 amide bonds. The lowest BCUT2D eigenvalue weighted by Crippen LogP contribution is -2.27. The van der Waals surface area contributed by atoms with Gasteiger partial charge in [-0.3, -0.25) is 0 Å². The number of aliphatic hydroxyl groups excluding tert-OH is 1. The lowest BCUT2D eigenvalue weighted by Gasteiger charge is -2.20. The SMILES string of the molecule is COc1cccc(CCNS(=O)(=O)c2ccc(N3CC[C@@H](CO)C3)c(C#N)c2)n1. The van der Waals surface area contributed by atoms with Gasteiger partial charge < -0.3 is 14.7 Å². The number of benzene rings is 1. The lowest BCUT2D eigenvalue weighted by atomic mass is 10.1. The molecule has 3 rings (SSSR count). The molecule has 0 spiro atoms. The molecule has 154 valence electrons. The van der Waals surface area contributed by atoms with Crippen LogP contribution in [0.15, 0.2) is 41.3 Å². The topological polar surface area (TPSA) is 116 Å². The predicted octanol–water partition coefficient (Wildman–Crippen LogP) is 1.30. The molecule has 1 atom stereocenters. The fourth-order valence-electron chi connectivity index (χ4n) is 3.36. The standard InChI is InChI=1S/C20H24N4O4S/c1-28-20-4-2-3-17(23-20)7-9-22-29(26,27)18-5-6-19(16(11-18)12-21)24-10-8-15(13-24)14-25/h2-6,11,15,22,25H,7-10,13-14H2,1H3/t15-/m1/s1. The molecule has 29 heavy (non-hydrogen) atoms. The molecular formula is C20H24N4O4S. The highest BCUT2D eigenvalue weighted by molar-refractivity contribution is 7.89. The largest absolute Gasteiger partial charge is 0.481 e. The lowest BCUT2D eigenvalue weighted by molar-refractivity contribution is 0.238. The first-order chi connectivity index (χ1) is 14.0. The molecule has 9 heteroatoms. The average molecular weight is 417 g/mol. The molecule has 0 bridgehead atoms. The first-order valence-corrected chi connectivity index (χ1v) is 10.8. The van der Waals surface area contributed by atoms with Crippen molar-refractivity contribution in [1.29, 1.82) is 5.26 Å². The van der Waals surface area contributed by atoms with E-state index in [4.69, 9.17) is 4.74 Å². The van der Waals surface area contributed by atoms with Crippen molar-refractivity contribution < 1.29 is 18.3 Å². The Kier molecular flexibility index (Phi) is 6.69. The first kappa shape index (κ1) is 21.0. The molecule has 1 saturated heterocycles. The second-order valence-corrected chi connectivity index (χ2v) is 8.66. The molecule has 2 N–H and O–H groups in total. The van der Waals surface area contributed by atoms with Gasteiger partial charge in [0.2, 0.25) is 15.9 Å². The zero-order valence-electron chi connectivity index (χ0n) is 16.2. The van der Waals surface area contributed by atoms with Gasteiger partial charge >= 0.3 is 0 Å². The summed E-state index contributed by atoms with van der Waals surface area (Å²) >= 11 is 0. The highest BCUT2D eigenvalue weighted by atomic mass is 32.2. The third kappa shape index (κ3) is 5.03. The Hall–Kier alpha value is -2.67. The Morgan fingerprint density at radius 3 is 2.90 bits per heavy atom. The summed E-state index contributed by atoms with van der Waals surface area (Å²) in [6, 6.07) is 12.0. The number of sulfonamides is 1. The normalized spacial score (nSPS) is 16.6. The van der Waals surface area contributed by atoms with E-state index in [2.05, 4.69) is 15.8 Å². The highest BCUT2D eigenvalue weighted by Crippen LogP contribution is 2.28. The molecule has 0 unspecified atom stereocenters. The van der Waals surface area contributed by atoms with Gasteiger partial charge in [0, 0.05) is 50.3 Å². The molecule has 2 heterocycles. The molecular weight excluding hydrogens is 392 g/mol. The fraction of sp³-hybridized carbons (Fsp3) is 0.400. The van der Waals surface area contributed by atoms with E-state index < -0.39 is 10.0 Å². The van der Waals surface area contributed by atoms with Crippen LogP contribution in [0.5, 0.6) is 5.88 Å².